The molecule has 1 fully saturated rings. The summed E-state index contributed by atoms with van der Waals surface area (Å²) in [6, 6.07) is 7.92. The monoisotopic (exact) mass is 258 g/mol. The number of allylic oxidation sites excluding steroid dienone is 1. The van der Waals surface area contributed by atoms with Gasteiger partial charge in [0.2, 0.25) is 0 Å². The van der Waals surface area contributed by atoms with E-state index in [1.807, 2.05) is 24.3 Å². The molecule has 0 saturated carbocycles. The molecule has 2 aliphatic heterocycles. The van der Waals surface area contributed by atoms with E-state index in [0.717, 1.165) is 49.7 Å². The zero-order valence-corrected chi connectivity index (χ0v) is 10.9. The van der Waals surface area contributed by atoms with Crippen LogP contribution in [0.5, 0.6) is 0 Å². The van der Waals surface area contributed by atoms with Crippen LogP contribution in [0.25, 0.3) is 0 Å². The highest BCUT2D eigenvalue weighted by Crippen LogP contribution is 2.17. The predicted molar refractivity (Wildman–Crippen MR) is 74.2 cm³/mol. The van der Waals surface area contributed by atoms with Gasteiger partial charge < -0.3 is 14.7 Å². The van der Waals surface area contributed by atoms with Gasteiger partial charge in [0.1, 0.15) is 0 Å². The first-order valence-corrected chi connectivity index (χ1v) is 6.65. The summed E-state index contributed by atoms with van der Waals surface area (Å²) >= 11 is 0. The zero-order valence-electron chi connectivity index (χ0n) is 10.9. The fourth-order valence-corrected chi connectivity index (χ4v) is 2.46. The van der Waals surface area contributed by atoms with Gasteiger partial charge in [0.15, 0.2) is 0 Å². The van der Waals surface area contributed by atoms with Gasteiger partial charge >= 0.3 is 0 Å². The molecular formula is C15H18N2O2. The van der Waals surface area contributed by atoms with Crippen LogP contribution in [-0.2, 0) is 11.3 Å². The third-order valence-corrected chi connectivity index (χ3v) is 3.54. The van der Waals surface area contributed by atoms with E-state index in [9.17, 15) is 5.11 Å². The van der Waals surface area contributed by atoms with Gasteiger partial charge in [-0.25, -0.2) is 0 Å². The molecule has 1 saturated heterocycles. The van der Waals surface area contributed by atoms with Crippen LogP contribution in [0.15, 0.2) is 41.0 Å². The van der Waals surface area contributed by atoms with E-state index in [1.165, 1.54) is 5.70 Å². The Morgan fingerprint density at radius 3 is 2.89 bits per heavy atom. The highest BCUT2D eigenvalue weighted by atomic mass is 16.5. The molecule has 0 spiro atoms. The van der Waals surface area contributed by atoms with Crippen molar-refractivity contribution in [1.29, 1.82) is 0 Å². The van der Waals surface area contributed by atoms with Crippen LogP contribution >= 0.6 is 0 Å². The number of aliphatic hydroxyl groups excluding tert-OH is 1. The molecule has 2 aliphatic rings. The molecule has 4 heteroatoms. The van der Waals surface area contributed by atoms with Crippen molar-refractivity contribution in [3.63, 3.8) is 0 Å². The number of hydrogen-bond acceptors (Lipinski definition) is 4. The van der Waals surface area contributed by atoms with Gasteiger partial charge in [0.05, 0.1) is 32.1 Å². The summed E-state index contributed by atoms with van der Waals surface area (Å²) in [5.41, 5.74) is 4.28. The molecule has 1 N–H and O–H groups in total. The van der Waals surface area contributed by atoms with Crippen molar-refractivity contribution < 1.29 is 9.84 Å². The van der Waals surface area contributed by atoms with E-state index < -0.39 is 0 Å². The minimum atomic E-state index is 0.0706. The Labute approximate surface area is 113 Å². The quantitative estimate of drug-likeness (QED) is 0.886. The van der Waals surface area contributed by atoms with E-state index in [4.69, 9.17) is 4.74 Å². The predicted octanol–water partition coefficient (Wildman–Crippen LogP) is 1.20. The average molecular weight is 258 g/mol. The van der Waals surface area contributed by atoms with Crippen molar-refractivity contribution >= 4 is 5.71 Å². The minimum absolute atomic E-state index is 0.0706. The van der Waals surface area contributed by atoms with Gasteiger partial charge in [-0.05, 0) is 17.7 Å². The summed E-state index contributed by atoms with van der Waals surface area (Å²) in [6.45, 7) is 4.32. The van der Waals surface area contributed by atoms with E-state index in [-0.39, 0.29) is 6.61 Å². The molecule has 0 bridgehead atoms. The van der Waals surface area contributed by atoms with E-state index >= 15 is 0 Å². The normalized spacial score (nSPS) is 19.3. The van der Waals surface area contributed by atoms with Crippen molar-refractivity contribution in [1.82, 2.24) is 4.90 Å². The summed E-state index contributed by atoms with van der Waals surface area (Å²) in [5.74, 6) is 0. The standard InChI is InChI=1S/C15H18N2O2/c18-11-12-2-1-3-13(8-12)15-9-14(10-16-15)17-4-6-19-7-5-17/h1-3,8-9,18H,4-7,10-11H2. The maximum Gasteiger partial charge on any atom is 0.0796 e. The Morgan fingerprint density at radius 1 is 1.26 bits per heavy atom. The Morgan fingerprint density at radius 2 is 2.11 bits per heavy atom. The lowest BCUT2D eigenvalue weighted by atomic mass is 10.1. The Balaban J connectivity index is 1.77. The summed E-state index contributed by atoms with van der Waals surface area (Å²) in [5, 5.41) is 9.18. The lowest BCUT2D eigenvalue weighted by Gasteiger charge is -2.29. The first-order valence-electron chi connectivity index (χ1n) is 6.65. The van der Waals surface area contributed by atoms with E-state index in [0.29, 0.717) is 0 Å². The number of benzene rings is 1. The van der Waals surface area contributed by atoms with Crippen LogP contribution in [0.2, 0.25) is 0 Å². The smallest absolute Gasteiger partial charge is 0.0796 e. The number of aliphatic imine (C=N–C) groups is 1. The lowest BCUT2D eigenvalue weighted by molar-refractivity contribution is 0.0535. The van der Waals surface area contributed by atoms with Gasteiger partial charge in [-0.15, -0.1) is 0 Å². The van der Waals surface area contributed by atoms with Crippen molar-refractivity contribution in [3.8, 4) is 0 Å². The van der Waals surface area contributed by atoms with Crippen LogP contribution in [0.1, 0.15) is 11.1 Å². The van der Waals surface area contributed by atoms with Crippen molar-refractivity contribution in [3.05, 3.63) is 47.2 Å². The molecule has 1 aromatic carbocycles. The van der Waals surface area contributed by atoms with Crippen LogP contribution in [0.4, 0.5) is 0 Å². The maximum absolute atomic E-state index is 9.18. The summed E-state index contributed by atoms with van der Waals surface area (Å²) < 4.78 is 5.37. The second-order valence-corrected chi connectivity index (χ2v) is 4.80. The largest absolute Gasteiger partial charge is 0.392 e. The van der Waals surface area contributed by atoms with Crippen LogP contribution < -0.4 is 0 Å². The maximum atomic E-state index is 9.18. The Bertz CT molecular complexity index is 517. The van der Waals surface area contributed by atoms with Crippen LogP contribution in [0, 0.1) is 0 Å². The Hall–Kier alpha value is -1.65. The highest BCUT2D eigenvalue weighted by molar-refractivity contribution is 6.10. The molecule has 0 aliphatic carbocycles. The van der Waals surface area contributed by atoms with Gasteiger partial charge in [0, 0.05) is 24.4 Å². The Kier molecular flexibility index (Phi) is 3.62. The van der Waals surface area contributed by atoms with Crippen LogP contribution in [0.3, 0.4) is 0 Å². The number of rotatable bonds is 3. The summed E-state index contributed by atoms with van der Waals surface area (Å²) in [7, 11) is 0. The number of aliphatic hydroxyl groups is 1. The molecule has 4 nitrogen and oxygen atoms in total. The highest BCUT2D eigenvalue weighted by Gasteiger charge is 2.18. The fraction of sp³-hybridized carbons (Fsp3) is 0.400. The number of nitrogens with zero attached hydrogens (tertiary/aromatic N) is 2. The SMILES string of the molecule is OCc1cccc(C2=NCC(N3CCOCC3)=C2)c1. The lowest BCUT2D eigenvalue weighted by Crippen LogP contribution is -2.36. The van der Waals surface area contributed by atoms with Crippen molar-refractivity contribution in [2.24, 2.45) is 4.99 Å². The summed E-state index contributed by atoms with van der Waals surface area (Å²) in [6.07, 6.45) is 2.15. The van der Waals surface area contributed by atoms with E-state index in [1.54, 1.807) is 0 Å². The van der Waals surface area contributed by atoms with Crippen molar-refractivity contribution in [2.75, 3.05) is 32.8 Å². The molecule has 1 aromatic rings. The molecule has 19 heavy (non-hydrogen) atoms. The molecule has 3 rings (SSSR count). The first-order chi connectivity index (χ1) is 9.36. The second-order valence-electron chi connectivity index (χ2n) is 4.80. The topological polar surface area (TPSA) is 45.1 Å². The summed E-state index contributed by atoms with van der Waals surface area (Å²) in [4.78, 5) is 6.94. The molecular weight excluding hydrogens is 240 g/mol. The van der Waals surface area contributed by atoms with Gasteiger partial charge in [-0.1, -0.05) is 18.2 Å². The zero-order chi connectivity index (χ0) is 13.1. The third-order valence-electron chi connectivity index (χ3n) is 3.54. The first kappa shape index (κ1) is 12.4. The van der Waals surface area contributed by atoms with Gasteiger partial charge in [-0.3, -0.25) is 4.99 Å². The molecule has 2 heterocycles. The van der Waals surface area contributed by atoms with Crippen molar-refractivity contribution in [2.45, 2.75) is 6.61 Å². The van der Waals surface area contributed by atoms with Gasteiger partial charge in [-0.2, -0.15) is 0 Å². The third kappa shape index (κ3) is 2.69. The average Bonchev–Trinajstić information content (AvgIpc) is 2.98. The fourth-order valence-electron chi connectivity index (χ4n) is 2.46. The molecule has 0 atom stereocenters. The van der Waals surface area contributed by atoms with Crippen LogP contribution in [-0.4, -0.2) is 48.6 Å². The minimum Gasteiger partial charge on any atom is -0.392 e. The molecule has 0 unspecified atom stereocenters. The number of morpholine rings is 1. The van der Waals surface area contributed by atoms with Gasteiger partial charge in [0.25, 0.3) is 0 Å². The second kappa shape index (κ2) is 5.55. The molecule has 0 amide bonds. The molecule has 100 valence electrons. The molecule has 0 radical (unpaired) electrons. The molecule has 0 aromatic heterocycles. The number of hydrogen-bond donors (Lipinski definition) is 1. The van der Waals surface area contributed by atoms with E-state index in [2.05, 4.69) is 16.0 Å². The number of ether oxygens (including phenoxy) is 1.